The highest BCUT2D eigenvalue weighted by atomic mass is 79.9. The molecular weight excluding hydrogens is 286 g/mol. The van der Waals surface area contributed by atoms with Crippen LogP contribution in [0, 0.1) is 12.8 Å². The third-order valence-electron chi connectivity index (χ3n) is 3.97. The molecule has 1 aliphatic rings. The number of aryl methyl sites for hydroxylation is 1. The maximum atomic E-state index is 3.73. The summed E-state index contributed by atoms with van der Waals surface area (Å²) in [6, 6.07) is 7.26. The predicted octanol–water partition coefficient (Wildman–Crippen LogP) is 4.99. The largest absolute Gasteiger partial charge is 0.310 e. The summed E-state index contributed by atoms with van der Waals surface area (Å²) < 4.78 is 1.26. The molecule has 1 nitrogen and oxygen atoms in total. The molecule has 0 aromatic heterocycles. The first-order chi connectivity index (χ1) is 8.70. The van der Waals surface area contributed by atoms with Crippen LogP contribution in [0.25, 0.3) is 0 Å². The normalized spacial score (nSPS) is 17.5. The highest BCUT2D eigenvalue weighted by molar-refractivity contribution is 9.10. The molecule has 0 heterocycles. The van der Waals surface area contributed by atoms with Crippen LogP contribution in [0.2, 0.25) is 0 Å². The number of halogens is 1. The lowest BCUT2D eigenvalue weighted by Gasteiger charge is -2.31. The number of hydrogen-bond acceptors (Lipinski definition) is 1. The summed E-state index contributed by atoms with van der Waals surface area (Å²) in [7, 11) is 0. The van der Waals surface area contributed by atoms with Crippen LogP contribution in [0.4, 0.5) is 0 Å². The van der Waals surface area contributed by atoms with Gasteiger partial charge in [-0.05, 0) is 49.4 Å². The van der Waals surface area contributed by atoms with Crippen LogP contribution in [0.15, 0.2) is 22.7 Å². The van der Waals surface area contributed by atoms with Crippen LogP contribution in [0.3, 0.4) is 0 Å². The molecule has 1 aromatic rings. The van der Waals surface area contributed by atoms with Gasteiger partial charge in [0.25, 0.3) is 0 Å². The van der Waals surface area contributed by atoms with Crippen molar-refractivity contribution in [2.24, 2.45) is 5.92 Å². The molecule has 1 atom stereocenters. The maximum absolute atomic E-state index is 3.73. The highest BCUT2D eigenvalue weighted by Crippen LogP contribution is 2.36. The molecule has 1 N–H and O–H groups in total. The van der Waals surface area contributed by atoms with E-state index in [2.05, 4.69) is 53.3 Å². The fraction of sp³-hybridized carbons (Fsp3) is 0.625. The first-order valence-corrected chi connectivity index (χ1v) is 7.99. The van der Waals surface area contributed by atoms with Crippen LogP contribution >= 0.6 is 15.9 Å². The Labute approximate surface area is 119 Å². The second-order valence-electron chi connectivity index (χ2n) is 5.56. The fourth-order valence-corrected chi connectivity index (χ4v) is 3.39. The second kappa shape index (κ2) is 6.72. The lowest BCUT2D eigenvalue weighted by Crippen LogP contribution is -2.27. The Balaban J connectivity index is 2.09. The number of rotatable bonds is 6. The van der Waals surface area contributed by atoms with Crippen molar-refractivity contribution < 1.29 is 0 Å². The lowest BCUT2D eigenvalue weighted by atomic mass is 9.79. The third-order valence-corrected chi connectivity index (χ3v) is 4.65. The third kappa shape index (κ3) is 3.58. The molecule has 1 unspecified atom stereocenters. The van der Waals surface area contributed by atoms with E-state index in [0.717, 1.165) is 12.5 Å². The Kier molecular flexibility index (Phi) is 5.25. The van der Waals surface area contributed by atoms with Gasteiger partial charge >= 0.3 is 0 Å². The van der Waals surface area contributed by atoms with Gasteiger partial charge in [-0.1, -0.05) is 54.2 Å². The average molecular weight is 310 g/mol. The van der Waals surface area contributed by atoms with E-state index in [1.54, 1.807) is 0 Å². The molecule has 1 fully saturated rings. The Hall–Kier alpha value is -0.340. The minimum Gasteiger partial charge on any atom is -0.310 e. The van der Waals surface area contributed by atoms with Crippen molar-refractivity contribution in [1.29, 1.82) is 0 Å². The maximum Gasteiger partial charge on any atom is 0.0334 e. The van der Waals surface area contributed by atoms with Gasteiger partial charge in [0.2, 0.25) is 0 Å². The topological polar surface area (TPSA) is 12.0 Å². The fourth-order valence-electron chi connectivity index (χ4n) is 2.62. The van der Waals surface area contributed by atoms with Crippen LogP contribution in [0.5, 0.6) is 0 Å². The first kappa shape index (κ1) is 14.1. The number of nitrogens with one attached hydrogen (secondary N) is 1. The average Bonchev–Trinajstić information content (AvgIpc) is 2.28. The van der Waals surface area contributed by atoms with Crippen LogP contribution in [-0.4, -0.2) is 6.54 Å². The monoisotopic (exact) mass is 309 g/mol. The van der Waals surface area contributed by atoms with Gasteiger partial charge in [0, 0.05) is 10.5 Å². The van der Waals surface area contributed by atoms with Crippen molar-refractivity contribution in [2.45, 2.75) is 52.0 Å². The summed E-state index contributed by atoms with van der Waals surface area (Å²) >= 11 is 3.73. The van der Waals surface area contributed by atoms with E-state index in [9.17, 15) is 0 Å². The van der Waals surface area contributed by atoms with E-state index in [-0.39, 0.29) is 0 Å². The Morgan fingerprint density at radius 1 is 1.39 bits per heavy atom. The Morgan fingerprint density at radius 3 is 2.72 bits per heavy atom. The molecule has 0 bridgehead atoms. The molecule has 1 saturated carbocycles. The molecule has 2 heteroatoms. The van der Waals surface area contributed by atoms with Gasteiger partial charge < -0.3 is 5.32 Å². The lowest BCUT2D eigenvalue weighted by molar-refractivity contribution is 0.261. The van der Waals surface area contributed by atoms with Crippen molar-refractivity contribution in [3.8, 4) is 0 Å². The van der Waals surface area contributed by atoms with Crippen molar-refractivity contribution in [3.05, 3.63) is 33.8 Å². The van der Waals surface area contributed by atoms with Crippen LogP contribution in [0.1, 0.15) is 56.2 Å². The minimum absolute atomic E-state index is 0.519. The van der Waals surface area contributed by atoms with Gasteiger partial charge in [0.1, 0.15) is 0 Å². The molecule has 1 aliphatic carbocycles. The van der Waals surface area contributed by atoms with Crippen molar-refractivity contribution in [3.63, 3.8) is 0 Å². The summed E-state index contributed by atoms with van der Waals surface area (Å²) in [5, 5.41) is 3.72. The molecule has 18 heavy (non-hydrogen) atoms. The van der Waals surface area contributed by atoms with Gasteiger partial charge in [-0.2, -0.15) is 0 Å². The van der Waals surface area contributed by atoms with Gasteiger partial charge in [-0.15, -0.1) is 0 Å². The molecule has 1 aromatic carbocycles. The molecule has 0 spiro atoms. The molecular formula is C16H24BrN. The highest BCUT2D eigenvalue weighted by Gasteiger charge is 2.23. The molecule has 2 rings (SSSR count). The van der Waals surface area contributed by atoms with E-state index >= 15 is 0 Å². The first-order valence-electron chi connectivity index (χ1n) is 7.20. The Bertz CT molecular complexity index is 385. The molecule has 100 valence electrons. The molecule has 0 amide bonds. The number of hydrogen-bond donors (Lipinski definition) is 1. The van der Waals surface area contributed by atoms with Crippen LogP contribution < -0.4 is 5.32 Å². The Morgan fingerprint density at radius 2 is 2.17 bits per heavy atom. The summed E-state index contributed by atoms with van der Waals surface area (Å²) in [6.07, 6.45) is 6.77. The summed E-state index contributed by atoms with van der Waals surface area (Å²) in [4.78, 5) is 0. The molecule has 0 radical (unpaired) electrons. The summed E-state index contributed by atoms with van der Waals surface area (Å²) in [5.41, 5.74) is 2.75. The van der Waals surface area contributed by atoms with Gasteiger partial charge in [0.05, 0.1) is 0 Å². The smallest absolute Gasteiger partial charge is 0.0334 e. The predicted molar refractivity (Wildman–Crippen MR) is 81.9 cm³/mol. The van der Waals surface area contributed by atoms with E-state index in [1.165, 1.54) is 47.7 Å². The van der Waals surface area contributed by atoms with Gasteiger partial charge in [-0.3, -0.25) is 0 Å². The van der Waals surface area contributed by atoms with E-state index < -0.39 is 0 Å². The number of benzene rings is 1. The quantitative estimate of drug-likeness (QED) is 0.780. The zero-order valence-corrected chi connectivity index (χ0v) is 13.1. The van der Waals surface area contributed by atoms with Crippen LogP contribution in [-0.2, 0) is 0 Å². The standard InChI is InChI=1S/C16H24BrN/c1-3-9-18-16(11-13-5-4-6-13)14-8-7-12(2)10-15(14)17/h7-8,10,13,16,18H,3-6,9,11H2,1-2H3. The molecule has 0 aliphatic heterocycles. The summed E-state index contributed by atoms with van der Waals surface area (Å²) in [6.45, 7) is 5.49. The minimum atomic E-state index is 0.519. The van der Waals surface area contributed by atoms with Gasteiger partial charge in [0.15, 0.2) is 0 Å². The SMILES string of the molecule is CCCNC(CC1CCC1)c1ccc(C)cc1Br. The van der Waals surface area contributed by atoms with E-state index in [1.807, 2.05) is 0 Å². The van der Waals surface area contributed by atoms with Gasteiger partial charge in [-0.25, -0.2) is 0 Å². The van der Waals surface area contributed by atoms with Crippen molar-refractivity contribution in [2.75, 3.05) is 6.54 Å². The van der Waals surface area contributed by atoms with E-state index in [4.69, 9.17) is 0 Å². The van der Waals surface area contributed by atoms with Crippen molar-refractivity contribution in [1.82, 2.24) is 5.32 Å². The second-order valence-corrected chi connectivity index (χ2v) is 6.42. The summed E-state index contributed by atoms with van der Waals surface area (Å²) in [5.74, 6) is 0.938. The van der Waals surface area contributed by atoms with E-state index in [0.29, 0.717) is 6.04 Å². The zero-order valence-electron chi connectivity index (χ0n) is 11.5. The molecule has 0 saturated heterocycles. The van der Waals surface area contributed by atoms with Crippen molar-refractivity contribution >= 4 is 15.9 Å². The zero-order chi connectivity index (χ0) is 13.0.